The molecule has 1 spiro atoms. The number of rotatable bonds is 5. The molecule has 3 aliphatic heterocycles. The first-order chi connectivity index (χ1) is 12.7. The van der Waals surface area contributed by atoms with Crippen molar-refractivity contribution in [3.05, 3.63) is 29.8 Å². The Hall–Kier alpha value is -1.59. The summed E-state index contributed by atoms with van der Waals surface area (Å²) in [6.07, 6.45) is 6.20. The second-order valence-corrected chi connectivity index (χ2v) is 7.81. The van der Waals surface area contributed by atoms with E-state index < -0.39 is 0 Å². The summed E-state index contributed by atoms with van der Waals surface area (Å²) in [5, 5.41) is 0. The fourth-order valence-electron chi connectivity index (χ4n) is 4.75. The van der Waals surface area contributed by atoms with Gasteiger partial charge in [-0.3, -0.25) is 9.69 Å². The van der Waals surface area contributed by atoms with Gasteiger partial charge in [0.1, 0.15) is 5.75 Å². The molecule has 0 aliphatic carbocycles. The first-order valence-corrected chi connectivity index (χ1v) is 10.1. The lowest BCUT2D eigenvalue weighted by atomic mass is 9.77. The number of likely N-dealkylation sites (tertiary alicyclic amines) is 2. The van der Waals surface area contributed by atoms with Crippen LogP contribution in [0.25, 0.3) is 0 Å². The van der Waals surface area contributed by atoms with E-state index in [1.165, 1.54) is 25.7 Å². The number of hydrogen-bond donors (Lipinski definition) is 0. The minimum Gasteiger partial charge on any atom is -0.493 e. The molecule has 1 amide bonds. The summed E-state index contributed by atoms with van der Waals surface area (Å²) in [6.45, 7) is 7.27. The fraction of sp³-hybridized carbons (Fsp3) is 0.667. The second kappa shape index (κ2) is 7.57. The molecule has 5 nitrogen and oxygen atoms in total. The quantitative estimate of drug-likeness (QED) is 0.812. The zero-order valence-corrected chi connectivity index (χ0v) is 15.8. The number of nitrogens with zero attached hydrogens (tertiary/aromatic N) is 2. The third-order valence-electron chi connectivity index (χ3n) is 6.23. The van der Waals surface area contributed by atoms with Gasteiger partial charge >= 0.3 is 0 Å². The molecule has 5 heteroatoms. The summed E-state index contributed by atoms with van der Waals surface area (Å²) in [7, 11) is 0. The molecule has 3 heterocycles. The van der Waals surface area contributed by atoms with E-state index in [1.807, 2.05) is 36.1 Å². The van der Waals surface area contributed by atoms with E-state index >= 15 is 0 Å². The third kappa shape index (κ3) is 3.35. The van der Waals surface area contributed by atoms with Crippen molar-refractivity contribution in [3.8, 4) is 5.75 Å². The summed E-state index contributed by atoms with van der Waals surface area (Å²) in [4.78, 5) is 17.8. The van der Waals surface area contributed by atoms with Crippen molar-refractivity contribution in [2.24, 2.45) is 0 Å². The highest BCUT2D eigenvalue weighted by Gasteiger charge is 2.48. The van der Waals surface area contributed by atoms with E-state index in [0.717, 1.165) is 39.2 Å². The van der Waals surface area contributed by atoms with Gasteiger partial charge < -0.3 is 14.4 Å². The van der Waals surface area contributed by atoms with Crippen LogP contribution in [-0.2, 0) is 4.74 Å². The van der Waals surface area contributed by atoms with Crippen molar-refractivity contribution in [2.45, 2.75) is 50.7 Å². The second-order valence-electron chi connectivity index (χ2n) is 7.81. The molecule has 26 heavy (non-hydrogen) atoms. The van der Waals surface area contributed by atoms with Crippen LogP contribution in [0.1, 0.15) is 49.4 Å². The summed E-state index contributed by atoms with van der Waals surface area (Å²) < 4.78 is 11.5. The zero-order valence-electron chi connectivity index (χ0n) is 15.8. The van der Waals surface area contributed by atoms with Gasteiger partial charge in [-0.1, -0.05) is 12.1 Å². The molecule has 0 aromatic heterocycles. The summed E-state index contributed by atoms with van der Waals surface area (Å²) in [6, 6.07) is 7.63. The van der Waals surface area contributed by atoms with Gasteiger partial charge in [-0.15, -0.1) is 0 Å². The van der Waals surface area contributed by atoms with Crippen LogP contribution < -0.4 is 4.74 Å². The minimum atomic E-state index is 0.108. The molecule has 0 saturated carbocycles. The Morgan fingerprint density at radius 1 is 1.27 bits per heavy atom. The molecule has 1 aromatic carbocycles. The predicted molar refractivity (Wildman–Crippen MR) is 101 cm³/mol. The van der Waals surface area contributed by atoms with E-state index in [1.54, 1.807) is 0 Å². The van der Waals surface area contributed by atoms with E-state index in [2.05, 4.69) is 4.90 Å². The molecule has 0 radical (unpaired) electrons. The highest BCUT2D eigenvalue weighted by molar-refractivity contribution is 5.97. The van der Waals surface area contributed by atoms with E-state index in [0.29, 0.717) is 24.0 Å². The average Bonchev–Trinajstić information content (AvgIpc) is 3.19. The topological polar surface area (TPSA) is 42.0 Å². The van der Waals surface area contributed by atoms with Crippen molar-refractivity contribution in [1.82, 2.24) is 9.80 Å². The molecule has 3 aliphatic rings. The van der Waals surface area contributed by atoms with Gasteiger partial charge in [-0.05, 0) is 51.2 Å². The van der Waals surface area contributed by atoms with Crippen LogP contribution in [0.5, 0.6) is 5.75 Å². The lowest BCUT2D eigenvalue weighted by molar-refractivity contribution is -0.0807. The molecular weight excluding hydrogens is 328 g/mol. The number of piperidine rings is 1. The van der Waals surface area contributed by atoms with Gasteiger partial charge in [0.2, 0.25) is 0 Å². The van der Waals surface area contributed by atoms with Crippen molar-refractivity contribution in [3.63, 3.8) is 0 Å². The molecule has 3 fully saturated rings. The van der Waals surface area contributed by atoms with Crippen molar-refractivity contribution in [1.29, 1.82) is 0 Å². The van der Waals surface area contributed by atoms with Gasteiger partial charge in [0.05, 0.1) is 18.3 Å². The van der Waals surface area contributed by atoms with Gasteiger partial charge in [-0.25, -0.2) is 0 Å². The molecule has 3 saturated heterocycles. The molecule has 142 valence electrons. The molecule has 1 aromatic rings. The fourth-order valence-corrected chi connectivity index (χ4v) is 4.75. The van der Waals surface area contributed by atoms with Crippen molar-refractivity contribution < 1.29 is 14.3 Å². The molecular formula is C21H30N2O3. The Balaban J connectivity index is 1.46. The highest BCUT2D eigenvalue weighted by atomic mass is 16.5. The molecule has 4 rings (SSSR count). The number of carbonyl (C=O) groups is 1. The number of benzene rings is 1. The number of amides is 1. The maximum atomic E-state index is 13.2. The maximum Gasteiger partial charge on any atom is 0.257 e. The first-order valence-electron chi connectivity index (χ1n) is 10.1. The van der Waals surface area contributed by atoms with E-state index in [9.17, 15) is 4.79 Å². The van der Waals surface area contributed by atoms with Crippen LogP contribution >= 0.6 is 0 Å². The van der Waals surface area contributed by atoms with Crippen LogP contribution in [0.15, 0.2) is 24.3 Å². The highest BCUT2D eigenvalue weighted by Crippen LogP contribution is 2.40. The Kier molecular flexibility index (Phi) is 5.18. The molecule has 2 atom stereocenters. The van der Waals surface area contributed by atoms with Crippen molar-refractivity contribution >= 4 is 5.91 Å². The van der Waals surface area contributed by atoms with Crippen LogP contribution in [-0.4, -0.2) is 66.7 Å². The first kappa shape index (κ1) is 17.8. The van der Waals surface area contributed by atoms with Crippen LogP contribution in [0.4, 0.5) is 0 Å². The normalized spacial score (nSPS) is 29.0. The van der Waals surface area contributed by atoms with Gasteiger partial charge in [0.15, 0.2) is 0 Å². The van der Waals surface area contributed by atoms with Gasteiger partial charge in [0.25, 0.3) is 5.91 Å². The molecule has 0 N–H and O–H groups in total. The van der Waals surface area contributed by atoms with Crippen LogP contribution in [0, 0.1) is 0 Å². The van der Waals surface area contributed by atoms with Gasteiger partial charge in [0, 0.05) is 38.3 Å². The van der Waals surface area contributed by atoms with Crippen molar-refractivity contribution in [2.75, 3.05) is 39.4 Å². The Morgan fingerprint density at radius 2 is 2.15 bits per heavy atom. The van der Waals surface area contributed by atoms with Gasteiger partial charge in [-0.2, -0.15) is 0 Å². The standard InChI is InChI=1S/C21H30N2O3/c1-2-25-19-9-4-3-8-18(19)20(24)22-12-6-10-21(16-22)11-13-23(21)15-17-7-5-14-26-17/h3-4,8-9,17H,2,5-7,10-16H2,1H3/t17-,21-/m0/s1. The summed E-state index contributed by atoms with van der Waals surface area (Å²) in [5.41, 5.74) is 0.858. The zero-order chi connectivity index (χ0) is 18.0. The summed E-state index contributed by atoms with van der Waals surface area (Å²) >= 11 is 0. The number of para-hydroxylation sites is 1. The number of ether oxygens (including phenoxy) is 2. The Bertz CT molecular complexity index is 644. The smallest absolute Gasteiger partial charge is 0.257 e. The lowest BCUT2D eigenvalue weighted by Crippen LogP contribution is -2.68. The number of carbonyl (C=O) groups excluding carboxylic acids is 1. The SMILES string of the molecule is CCOc1ccccc1C(=O)N1CCC[C@]2(CCN2C[C@@H]2CCCO2)C1. The third-order valence-corrected chi connectivity index (χ3v) is 6.23. The predicted octanol–water partition coefficient (Wildman–Crippen LogP) is 2.94. The largest absolute Gasteiger partial charge is 0.493 e. The number of hydrogen-bond acceptors (Lipinski definition) is 4. The Labute approximate surface area is 156 Å². The van der Waals surface area contributed by atoms with E-state index in [4.69, 9.17) is 9.47 Å². The monoisotopic (exact) mass is 358 g/mol. The average molecular weight is 358 g/mol. The van der Waals surface area contributed by atoms with E-state index in [-0.39, 0.29) is 11.4 Å². The minimum absolute atomic E-state index is 0.108. The summed E-state index contributed by atoms with van der Waals surface area (Å²) in [5.74, 6) is 0.807. The molecule has 0 bridgehead atoms. The maximum absolute atomic E-state index is 13.2. The molecule has 0 unspecified atom stereocenters. The van der Waals surface area contributed by atoms with Crippen LogP contribution in [0.2, 0.25) is 0 Å². The van der Waals surface area contributed by atoms with Crippen LogP contribution in [0.3, 0.4) is 0 Å². The lowest BCUT2D eigenvalue weighted by Gasteiger charge is -2.57. The Morgan fingerprint density at radius 3 is 2.88 bits per heavy atom.